The summed E-state index contributed by atoms with van der Waals surface area (Å²) >= 11 is 0. The van der Waals surface area contributed by atoms with Gasteiger partial charge in [-0.15, -0.1) is 6.42 Å². The van der Waals surface area contributed by atoms with E-state index < -0.39 is 15.7 Å². The zero-order valence-electron chi connectivity index (χ0n) is 15.4. The summed E-state index contributed by atoms with van der Waals surface area (Å²) in [6, 6.07) is 7.67. The molecule has 9 heteroatoms. The summed E-state index contributed by atoms with van der Waals surface area (Å²) in [6.07, 6.45) is 12.3. The number of rotatable bonds is 5. The Kier molecular flexibility index (Phi) is 5.00. The van der Waals surface area contributed by atoms with Crippen molar-refractivity contribution in [2.24, 2.45) is 0 Å². The molecule has 0 saturated carbocycles. The van der Waals surface area contributed by atoms with Gasteiger partial charge in [-0.3, -0.25) is 19.7 Å². The number of amides is 1. The van der Waals surface area contributed by atoms with Crippen molar-refractivity contribution in [2.45, 2.75) is 16.3 Å². The normalized spacial score (nSPS) is 11.2. The summed E-state index contributed by atoms with van der Waals surface area (Å²) < 4.78 is 30.9. The van der Waals surface area contributed by atoms with Gasteiger partial charge in [0.25, 0.3) is 5.91 Å². The lowest BCUT2D eigenvalue weighted by atomic mass is 10.3. The van der Waals surface area contributed by atoms with Crippen LogP contribution in [-0.2, 0) is 16.4 Å². The molecule has 4 aromatic heterocycles. The van der Waals surface area contributed by atoms with Crippen molar-refractivity contribution in [3.63, 3.8) is 0 Å². The molecule has 4 heterocycles. The highest BCUT2D eigenvalue weighted by atomic mass is 32.2. The Labute approximate surface area is 171 Å². The second-order valence-corrected chi connectivity index (χ2v) is 8.20. The van der Waals surface area contributed by atoms with Crippen molar-refractivity contribution in [3.8, 4) is 12.3 Å². The van der Waals surface area contributed by atoms with E-state index in [1.165, 1.54) is 43.0 Å². The van der Waals surface area contributed by atoms with Gasteiger partial charge in [-0.2, -0.15) is 0 Å². The third-order valence-corrected chi connectivity index (χ3v) is 5.98. The van der Waals surface area contributed by atoms with Gasteiger partial charge in [0.05, 0.1) is 28.2 Å². The topological polar surface area (TPSA) is 115 Å². The summed E-state index contributed by atoms with van der Waals surface area (Å²) in [5.74, 6) is 2.09. The zero-order chi connectivity index (χ0) is 21.1. The fourth-order valence-corrected chi connectivity index (χ4v) is 3.90. The summed E-state index contributed by atoms with van der Waals surface area (Å²) in [5, 5.41) is 3.45. The van der Waals surface area contributed by atoms with Crippen molar-refractivity contribution in [3.05, 3.63) is 78.3 Å². The van der Waals surface area contributed by atoms with Crippen LogP contribution in [0.5, 0.6) is 0 Å². The second-order valence-electron chi connectivity index (χ2n) is 6.25. The standard InChI is InChI=1S/C21H14N4O4S/c1-2-14-7-18(11-23-9-14)30(27,28)17-4-3-16(24-12-17)10-25-21(26)19-8-15-5-6-22-13-20(15)29-19/h1,3-9,11-13H,10H2,(H,25,26). The van der Waals surface area contributed by atoms with Gasteiger partial charge in [0.1, 0.15) is 0 Å². The van der Waals surface area contributed by atoms with Crippen LogP contribution in [-0.4, -0.2) is 29.3 Å². The largest absolute Gasteiger partial charge is 0.449 e. The molecule has 4 aromatic rings. The molecule has 0 fully saturated rings. The number of nitrogens with zero attached hydrogens (tertiary/aromatic N) is 3. The Balaban J connectivity index is 1.47. The molecular formula is C21H14N4O4S. The second kappa shape index (κ2) is 7.77. The van der Waals surface area contributed by atoms with Crippen LogP contribution in [0.3, 0.4) is 0 Å². The van der Waals surface area contributed by atoms with Gasteiger partial charge in [0.2, 0.25) is 9.84 Å². The first-order valence-corrected chi connectivity index (χ1v) is 10.2. The van der Waals surface area contributed by atoms with Crippen LogP contribution in [0.1, 0.15) is 21.8 Å². The summed E-state index contributed by atoms with van der Waals surface area (Å²) in [4.78, 5) is 24.2. The molecule has 148 valence electrons. The first-order valence-electron chi connectivity index (χ1n) is 8.71. The molecule has 8 nitrogen and oxygen atoms in total. The summed E-state index contributed by atoms with van der Waals surface area (Å²) in [7, 11) is -3.81. The predicted molar refractivity (Wildman–Crippen MR) is 107 cm³/mol. The van der Waals surface area contributed by atoms with E-state index in [1.807, 2.05) is 0 Å². The maximum atomic E-state index is 12.7. The maximum absolute atomic E-state index is 12.7. The molecule has 4 rings (SSSR count). The van der Waals surface area contributed by atoms with Crippen LogP contribution >= 0.6 is 0 Å². The molecule has 0 aliphatic carbocycles. The highest BCUT2D eigenvalue weighted by Crippen LogP contribution is 2.20. The molecule has 0 spiro atoms. The summed E-state index contributed by atoms with van der Waals surface area (Å²) in [6.45, 7) is 0.0998. The molecule has 0 bridgehead atoms. The van der Waals surface area contributed by atoms with Crippen LogP contribution in [0.4, 0.5) is 0 Å². The van der Waals surface area contributed by atoms with Crippen LogP contribution in [0.25, 0.3) is 11.0 Å². The smallest absolute Gasteiger partial charge is 0.287 e. The van der Waals surface area contributed by atoms with E-state index >= 15 is 0 Å². The molecule has 0 aliphatic rings. The lowest BCUT2D eigenvalue weighted by molar-refractivity contribution is 0.0925. The first-order chi connectivity index (χ1) is 14.5. The number of furan rings is 1. The molecule has 0 atom stereocenters. The quantitative estimate of drug-likeness (QED) is 0.495. The van der Waals surface area contributed by atoms with Crippen molar-refractivity contribution in [2.75, 3.05) is 0 Å². The minimum atomic E-state index is -3.81. The Morgan fingerprint density at radius 3 is 2.67 bits per heavy atom. The molecule has 30 heavy (non-hydrogen) atoms. The molecule has 1 N–H and O–H groups in total. The van der Waals surface area contributed by atoms with E-state index in [0.717, 1.165) is 5.39 Å². The van der Waals surface area contributed by atoms with Crippen LogP contribution in [0.15, 0.2) is 75.5 Å². The zero-order valence-corrected chi connectivity index (χ0v) is 16.3. The molecule has 0 aliphatic heterocycles. The first kappa shape index (κ1) is 19.3. The average Bonchev–Trinajstić information content (AvgIpc) is 3.22. The number of pyridine rings is 3. The van der Waals surface area contributed by atoms with Gasteiger partial charge >= 0.3 is 0 Å². The van der Waals surface area contributed by atoms with E-state index in [4.69, 9.17) is 10.8 Å². The van der Waals surface area contributed by atoms with Crippen molar-refractivity contribution in [1.82, 2.24) is 20.3 Å². The van der Waals surface area contributed by atoms with Crippen LogP contribution < -0.4 is 5.32 Å². The van der Waals surface area contributed by atoms with Gasteiger partial charge < -0.3 is 9.73 Å². The van der Waals surface area contributed by atoms with Crippen LogP contribution in [0, 0.1) is 12.3 Å². The maximum Gasteiger partial charge on any atom is 0.287 e. The highest BCUT2D eigenvalue weighted by Gasteiger charge is 2.19. The predicted octanol–water partition coefficient (Wildman–Crippen LogP) is 2.36. The highest BCUT2D eigenvalue weighted by molar-refractivity contribution is 7.91. The monoisotopic (exact) mass is 418 g/mol. The van der Waals surface area contributed by atoms with E-state index in [2.05, 4.69) is 26.2 Å². The number of fused-ring (bicyclic) bond motifs is 1. The molecule has 0 unspecified atom stereocenters. The van der Waals surface area contributed by atoms with Gasteiger partial charge in [0, 0.05) is 35.7 Å². The third kappa shape index (κ3) is 3.76. The number of hydrogen-bond acceptors (Lipinski definition) is 7. The molecule has 1 amide bonds. The fraction of sp³-hybridized carbons (Fsp3) is 0.0476. The third-order valence-electron chi connectivity index (χ3n) is 4.27. The number of nitrogens with one attached hydrogen (secondary N) is 1. The molecule has 0 radical (unpaired) electrons. The fourth-order valence-electron chi connectivity index (χ4n) is 2.71. The molecule has 0 saturated heterocycles. The SMILES string of the molecule is C#Cc1cncc(S(=O)(=O)c2ccc(CNC(=O)c3cc4ccncc4o3)nc2)c1. The average molecular weight is 418 g/mol. The van der Waals surface area contributed by atoms with E-state index in [-0.39, 0.29) is 22.1 Å². The molecular weight excluding hydrogens is 404 g/mol. The van der Waals surface area contributed by atoms with Crippen molar-refractivity contribution >= 4 is 26.7 Å². The van der Waals surface area contributed by atoms with Gasteiger partial charge in [-0.25, -0.2) is 8.42 Å². The Hall–Kier alpha value is -4.03. The van der Waals surface area contributed by atoms with Crippen molar-refractivity contribution < 1.29 is 17.6 Å². The number of carbonyl (C=O) groups excluding carboxylic acids is 1. The van der Waals surface area contributed by atoms with Crippen molar-refractivity contribution in [1.29, 1.82) is 0 Å². The Morgan fingerprint density at radius 1 is 1.07 bits per heavy atom. The Morgan fingerprint density at radius 2 is 1.93 bits per heavy atom. The lowest BCUT2D eigenvalue weighted by Gasteiger charge is -2.06. The minimum Gasteiger partial charge on any atom is -0.449 e. The van der Waals surface area contributed by atoms with E-state index in [9.17, 15) is 13.2 Å². The lowest BCUT2D eigenvalue weighted by Crippen LogP contribution is -2.22. The number of aromatic nitrogens is 3. The van der Waals surface area contributed by atoms with Gasteiger partial charge in [0.15, 0.2) is 11.3 Å². The number of hydrogen-bond donors (Lipinski definition) is 1. The minimum absolute atomic E-state index is 0.00154. The number of carbonyl (C=O) groups is 1. The number of terminal acetylenes is 1. The molecule has 0 aromatic carbocycles. The van der Waals surface area contributed by atoms with Crippen LogP contribution in [0.2, 0.25) is 0 Å². The Bertz CT molecular complexity index is 1350. The number of sulfone groups is 1. The van der Waals surface area contributed by atoms with E-state index in [0.29, 0.717) is 16.8 Å². The van der Waals surface area contributed by atoms with Gasteiger partial charge in [-0.05, 0) is 30.3 Å². The van der Waals surface area contributed by atoms with Gasteiger partial charge in [-0.1, -0.05) is 5.92 Å². The van der Waals surface area contributed by atoms with E-state index in [1.54, 1.807) is 18.3 Å². The summed E-state index contributed by atoms with van der Waals surface area (Å²) in [5.41, 5.74) is 1.36.